The highest BCUT2D eigenvalue weighted by Crippen LogP contribution is 2.12. The Kier molecular flexibility index (Phi) is 5.15. The van der Waals surface area contributed by atoms with Crippen LogP contribution in [0.4, 0.5) is 4.79 Å². The Balaban J connectivity index is 1.79. The van der Waals surface area contributed by atoms with Crippen LogP contribution in [0.5, 0.6) is 0 Å². The van der Waals surface area contributed by atoms with Crippen molar-refractivity contribution in [3.05, 3.63) is 70.7 Å². The first-order valence-corrected chi connectivity index (χ1v) is 6.38. The fourth-order valence-corrected chi connectivity index (χ4v) is 1.67. The van der Waals surface area contributed by atoms with Crippen LogP contribution in [0, 0.1) is 0 Å². The zero-order valence-corrected chi connectivity index (χ0v) is 11.4. The summed E-state index contributed by atoms with van der Waals surface area (Å²) < 4.78 is 5.00. The first kappa shape index (κ1) is 14.1. The van der Waals surface area contributed by atoms with Gasteiger partial charge in [0, 0.05) is 10.6 Å². The van der Waals surface area contributed by atoms with E-state index in [1.54, 1.807) is 12.1 Å². The van der Waals surface area contributed by atoms with Crippen LogP contribution in [0.1, 0.15) is 11.1 Å². The monoisotopic (exact) mass is 288 g/mol. The number of hydrogen-bond donors (Lipinski definition) is 1. The van der Waals surface area contributed by atoms with E-state index in [1.165, 1.54) is 6.21 Å². The Hall–Kier alpha value is -2.33. The number of benzene rings is 2. The molecule has 20 heavy (non-hydrogen) atoms. The lowest BCUT2D eigenvalue weighted by Gasteiger charge is -2.03. The Morgan fingerprint density at radius 1 is 1.15 bits per heavy atom. The van der Waals surface area contributed by atoms with Gasteiger partial charge in [0.1, 0.15) is 6.61 Å². The first-order chi connectivity index (χ1) is 9.75. The van der Waals surface area contributed by atoms with Gasteiger partial charge < -0.3 is 4.74 Å². The molecule has 2 rings (SSSR count). The van der Waals surface area contributed by atoms with Crippen LogP contribution in [0.3, 0.4) is 0 Å². The molecule has 102 valence electrons. The standard InChI is InChI=1S/C15H13ClN2O2/c16-14-9-5-4-8-13(14)10-17-18-15(19)20-11-12-6-2-1-3-7-12/h1-10H,11H2,(H,18,19)/b17-10+. The molecule has 0 aromatic heterocycles. The number of ether oxygens (including phenoxy) is 1. The lowest BCUT2D eigenvalue weighted by atomic mass is 10.2. The van der Waals surface area contributed by atoms with Crippen LogP contribution in [-0.4, -0.2) is 12.3 Å². The van der Waals surface area contributed by atoms with E-state index >= 15 is 0 Å². The van der Waals surface area contributed by atoms with E-state index in [0.717, 1.165) is 11.1 Å². The van der Waals surface area contributed by atoms with Gasteiger partial charge in [0.15, 0.2) is 0 Å². The highest BCUT2D eigenvalue weighted by molar-refractivity contribution is 6.33. The van der Waals surface area contributed by atoms with Crippen molar-refractivity contribution >= 4 is 23.9 Å². The van der Waals surface area contributed by atoms with Crippen LogP contribution in [0.2, 0.25) is 5.02 Å². The molecule has 0 saturated heterocycles. The Bertz CT molecular complexity index is 600. The van der Waals surface area contributed by atoms with E-state index in [4.69, 9.17) is 16.3 Å². The van der Waals surface area contributed by atoms with Crippen molar-refractivity contribution in [1.29, 1.82) is 0 Å². The molecule has 0 bridgehead atoms. The van der Waals surface area contributed by atoms with Gasteiger partial charge in [0.2, 0.25) is 0 Å². The molecule has 0 radical (unpaired) electrons. The maximum Gasteiger partial charge on any atom is 0.428 e. The van der Waals surface area contributed by atoms with Crippen molar-refractivity contribution in [2.45, 2.75) is 6.61 Å². The summed E-state index contributed by atoms with van der Waals surface area (Å²) in [5.41, 5.74) is 3.91. The van der Waals surface area contributed by atoms with E-state index in [-0.39, 0.29) is 6.61 Å². The van der Waals surface area contributed by atoms with E-state index in [1.807, 2.05) is 42.5 Å². The van der Waals surface area contributed by atoms with Gasteiger partial charge in [0.25, 0.3) is 0 Å². The summed E-state index contributed by atoms with van der Waals surface area (Å²) >= 11 is 5.95. The zero-order chi connectivity index (χ0) is 14.2. The second-order valence-corrected chi connectivity index (χ2v) is 4.36. The molecule has 0 aliphatic carbocycles. The number of hydrogen-bond acceptors (Lipinski definition) is 3. The maximum absolute atomic E-state index is 11.4. The normalized spacial score (nSPS) is 10.4. The van der Waals surface area contributed by atoms with Crippen molar-refractivity contribution in [2.75, 3.05) is 0 Å². The lowest BCUT2D eigenvalue weighted by Crippen LogP contribution is -2.18. The second-order valence-electron chi connectivity index (χ2n) is 3.95. The molecule has 5 heteroatoms. The molecular weight excluding hydrogens is 276 g/mol. The maximum atomic E-state index is 11.4. The Morgan fingerprint density at radius 2 is 1.85 bits per heavy atom. The summed E-state index contributed by atoms with van der Waals surface area (Å²) in [6, 6.07) is 16.6. The highest BCUT2D eigenvalue weighted by atomic mass is 35.5. The molecule has 0 aliphatic heterocycles. The molecular formula is C15H13ClN2O2. The summed E-state index contributed by atoms with van der Waals surface area (Å²) in [5, 5.41) is 4.35. The van der Waals surface area contributed by atoms with Crippen LogP contribution in [0.15, 0.2) is 59.7 Å². The molecule has 0 unspecified atom stereocenters. The predicted molar refractivity (Wildman–Crippen MR) is 78.8 cm³/mol. The molecule has 1 N–H and O–H groups in total. The largest absolute Gasteiger partial charge is 0.443 e. The smallest absolute Gasteiger partial charge is 0.428 e. The minimum Gasteiger partial charge on any atom is -0.443 e. The Morgan fingerprint density at radius 3 is 2.60 bits per heavy atom. The molecule has 0 atom stereocenters. The first-order valence-electron chi connectivity index (χ1n) is 6.00. The quantitative estimate of drug-likeness (QED) is 0.690. The van der Waals surface area contributed by atoms with Gasteiger partial charge in [-0.3, -0.25) is 0 Å². The number of nitrogens with zero attached hydrogens (tertiary/aromatic N) is 1. The van der Waals surface area contributed by atoms with E-state index in [2.05, 4.69) is 10.5 Å². The van der Waals surface area contributed by atoms with Crippen LogP contribution >= 0.6 is 11.6 Å². The summed E-state index contributed by atoms with van der Waals surface area (Å²) in [6.45, 7) is 0.203. The summed E-state index contributed by atoms with van der Waals surface area (Å²) in [7, 11) is 0. The van der Waals surface area contributed by atoms with Crippen molar-refractivity contribution in [3.63, 3.8) is 0 Å². The zero-order valence-electron chi connectivity index (χ0n) is 10.6. The minimum absolute atomic E-state index is 0.203. The third-order valence-corrected chi connectivity index (χ3v) is 2.82. The van der Waals surface area contributed by atoms with Crippen LogP contribution < -0.4 is 5.43 Å². The molecule has 0 saturated carbocycles. The van der Waals surface area contributed by atoms with E-state index in [0.29, 0.717) is 5.02 Å². The average Bonchev–Trinajstić information content (AvgIpc) is 2.48. The molecule has 0 heterocycles. The molecule has 0 spiro atoms. The predicted octanol–water partition coefficient (Wildman–Crippen LogP) is 3.60. The Labute approximate surface area is 122 Å². The van der Waals surface area contributed by atoms with Crippen molar-refractivity contribution < 1.29 is 9.53 Å². The molecule has 2 aromatic carbocycles. The average molecular weight is 289 g/mol. The van der Waals surface area contributed by atoms with Gasteiger partial charge in [-0.05, 0) is 11.6 Å². The van der Waals surface area contributed by atoms with E-state index in [9.17, 15) is 4.79 Å². The SMILES string of the molecule is O=C(N/N=C/c1ccccc1Cl)OCc1ccccc1. The second kappa shape index (κ2) is 7.31. The fraction of sp³-hybridized carbons (Fsp3) is 0.0667. The number of carbonyl (C=O) groups is 1. The topological polar surface area (TPSA) is 50.7 Å². The summed E-state index contributed by atoms with van der Waals surface area (Å²) in [6.07, 6.45) is 0.851. The van der Waals surface area contributed by atoms with Crippen LogP contribution in [-0.2, 0) is 11.3 Å². The number of carbonyl (C=O) groups excluding carboxylic acids is 1. The number of nitrogens with one attached hydrogen (secondary N) is 1. The third-order valence-electron chi connectivity index (χ3n) is 2.48. The van der Waals surface area contributed by atoms with Gasteiger partial charge >= 0.3 is 6.09 Å². The van der Waals surface area contributed by atoms with Crippen LogP contribution in [0.25, 0.3) is 0 Å². The van der Waals surface area contributed by atoms with E-state index < -0.39 is 6.09 Å². The fourth-order valence-electron chi connectivity index (χ4n) is 1.49. The minimum atomic E-state index is -0.614. The van der Waals surface area contributed by atoms with Crippen molar-refractivity contribution in [1.82, 2.24) is 5.43 Å². The van der Waals surface area contributed by atoms with Gasteiger partial charge in [-0.25, -0.2) is 10.2 Å². The summed E-state index contributed by atoms with van der Waals surface area (Å²) in [4.78, 5) is 11.4. The van der Waals surface area contributed by atoms with Gasteiger partial charge in [-0.15, -0.1) is 0 Å². The molecule has 0 fully saturated rings. The van der Waals surface area contributed by atoms with Gasteiger partial charge in [-0.1, -0.05) is 60.1 Å². The van der Waals surface area contributed by atoms with Gasteiger partial charge in [-0.2, -0.15) is 5.10 Å². The summed E-state index contributed by atoms with van der Waals surface area (Å²) in [5.74, 6) is 0. The van der Waals surface area contributed by atoms with Crippen molar-refractivity contribution in [3.8, 4) is 0 Å². The molecule has 2 aromatic rings. The molecule has 4 nitrogen and oxygen atoms in total. The highest BCUT2D eigenvalue weighted by Gasteiger charge is 2.00. The number of amides is 1. The molecule has 0 aliphatic rings. The van der Waals surface area contributed by atoms with Crippen molar-refractivity contribution in [2.24, 2.45) is 5.10 Å². The lowest BCUT2D eigenvalue weighted by molar-refractivity contribution is 0.140. The number of halogens is 1. The third kappa shape index (κ3) is 4.40. The number of hydrazone groups is 1. The van der Waals surface area contributed by atoms with Gasteiger partial charge in [0.05, 0.1) is 6.21 Å². The number of rotatable bonds is 4. The molecule has 1 amide bonds.